The molecule has 2 atom stereocenters. The zero-order chi connectivity index (χ0) is 11.9. The van der Waals surface area contributed by atoms with Crippen LogP contribution in [0.2, 0.25) is 0 Å². The van der Waals surface area contributed by atoms with E-state index in [-0.39, 0.29) is 6.54 Å². The molecule has 1 fully saturated rings. The molecule has 1 heterocycles. The summed E-state index contributed by atoms with van der Waals surface area (Å²) in [5, 5.41) is 0. The van der Waals surface area contributed by atoms with E-state index in [1.165, 1.54) is 0 Å². The maximum atomic E-state index is 11.7. The fraction of sp³-hybridized carbons (Fsp3) is 0.800. The topological polar surface area (TPSA) is 92.9 Å². The van der Waals surface area contributed by atoms with Gasteiger partial charge in [0.2, 0.25) is 5.91 Å². The summed E-state index contributed by atoms with van der Waals surface area (Å²) in [7, 11) is -4.70. The summed E-state index contributed by atoms with van der Waals surface area (Å²) in [4.78, 5) is 19.8. The zero-order valence-corrected chi connectivity index (χ0v) is 8.16. The first-order valence-electron chi connectivity index (χ1n) is 3.75. The van der Waals surface area contributed by atoms with Crippen molar-refractivity contribution in [3.05, 3.63) is 0 Å². The maximum Gasteiger partial charge on any atom is 0.435 e. The molecule has 15 heavy (non-hydrogen) atoms. The molecule has 1 amide bonds. The van der Waals surface area contributed by atoms with Crippen molar-refractivity contribution >= 4 is 13.7 Å². The van der Waals surface area contributed by atoms with E-state index in [2.05, 4.69) is 4.52 Å². The lowest BCUT2D eigenvalue weighted by molar-refractivity contribution is -0.158. The molecule has 0 aromatic heterocycles. The van der Waals surface area contributed by atoms with Crippen LogP contribution in [0.15, 0.2) is 0 Å². The minimum absolute atomic E-state index is 0.287. The summed E-state index contributed by atoms with van der Waals surface area (Å²) in [5.74, 6) is -0.900. The number of nitrogens with zero attached hydrogens (tertiary/aromatic N) is 1. The first-order chi connectivity index (χ1) is 6.63. The number of amides is 1. The van der Waals surface area contributed by atoms with Gasteiger partial charge in [-0.2, -0.15) is 13.2 Å². The SMILES string of the molecule is N[C@H]1CN(P(=O)(O)OCC(F)(F)F)C1=O. The minimum atomic E-state index is -4.73. The van der Waals surface area contributed by atoms with Crippen molar-refractivity contribution in [1.29, 1.82) is 0 Å². The highest BCUT2D eigenvalue weighted by Crippen LogP contribution is 2.50. The molecule has 0 aromatic carbocycles. The molecule has 88 valence electrons. The van der Waals surface area contributed by atoms with Gasteiger partial charge in [-0.25, -0.2) is 9.24 Å². The lowest BCUT2D eigenvalue weighted by Gasteiger charge is -2.37. The van der Waals surface area contributed by atoms with Gasteiger partial charge in [0, 0.05) is 0 Å². The number of β-lactam (4-membered cyclic amide) rings is 1. The van der Waals surface area contributed by atoms with Crippen molar-refractivity contribution in [2.75, 3.05) is 13.2 Å². The van der Waals surface area contributed by atoms with Gasteiger partial charge in [-0.05, 0) is 0 Å². The second kappa shape index (κ2) is 3.75. The maximum absolute atomic E-state index is 11.7. The fourth-order valence-corrected chi connectivity index (χ4v) is 2.12. The van der Waals surface area contributed by atoms with E-state index < -0.39 is 32.5 Å². The van der Waals surface area contributed by atoms with Crippen LogP contribution in [-0.2, 0) is 13.9 Å². The average molecular weight is 248 g/mol. The van der Waals surface area contributed by atoms with E-state index in [4.69, 9.17) is 10.6 Å². The predicted octanol–water partition coefficient (Wildman–Crippen LogP) is -0.165. The molecule has 0 radical (unpaired) electrons. The highest BCUT2D eigenvalue weighted by Gasteiger charge is 2.47. The Kier molecular flexibility index (Phi) is 3.11. The largest absolute Gasteiger partial charge is 0.435 e. The fourth-order valence-electron chi connectivity index (χ4n) is 0.888. The molecule has 10 heteroatoms. The number of hydrogen-bond donors (Lipinski definition) is 2. The molecular formula is C5H8F3N2O4P. The van der Waals surface area contributed by atoms with Crippen LogP contribution in [0.25, 0.3) is 0 Å². The van der Waals surface area contributed by atoms with Crippen LogP contribution in [0.5, 0.6) is 0 Å². The van der Waals surface area contributed by atoms with Crippen LogP contribution in [0.1, 0.15) is 0 Å². The summed E-state index contributed by atoms with van der Waals surface area (Å²) in [6.45, 7) is -2.18. The van der Waals surface area contributed by atoms with Gasteiger partial charge in [0.15, 0.2) is 6.61 Å². The van der Waals surface area contributed by atoms with Gasteiger partial charge in [0.25, 0.3) is 0 Å². The summed E-state index contributed by atoms with van der Waals surface area (Å²) >= 11 is 0. The average Bonchev–Trinajstić information content (AvgIpc) is 2.09. The lowest BCUT2D eigenvalue weighted by atomic mass is 10.2. The Morgan fingerprint density at radius 3 is 2.53 bits per heavy atom. The van der Waals surface area contributed by atoms with E-state index in [0.717, 1.165) is 0 Å². The minimum Gasteiger partial charge on any atom is -0.318 e. The Morgan fingerprint density at radius 1 is 1.67 bits per heavy atom. The quantitative estimate of drug-likeness (QED) is 0.534. The Bertz CT molecular complexity index is 320. The Labute approximate surface area is 82.4 Å². The van der Waals surface area contributed by atoms with Crippen LogP contribution < -0.4 is 5.73 Å². The number of hydrogen-bond acceptors (Lipinski definition) is 4. The first-order valence-corrected chi connectivity index (χ1v) is 5.28. The molecule has 1 aliphatic rings. The first kappa shape index (κ1) is 12.4. The van der Waals surface area contributed by atoms with Crippen LogP contribution in [-0.4, -0.2) is 40.8 Å². The number of carbonyl (C=O) groups is 1. The van der Waals surface area contributed by atoms with Gasteiger partial charge in [0.05, 0.1) is 6.54 Å². The third kappa shape index (κ3) is 2.91. The van der Waals surface area contributed by atoms with Gasteiger partial charge in [-0.3, -0.25) is 9.32 Å². The second-order valence-electron chi connectivity index (χ2n) is 2.91. The van der Waals surface area contributed by atoms with Crippen molar-refractivity contribution in [1.82, 2.24) is 4.67 Å². The summed E-state index contributed by atoms with van der Waals surface area (Å²) < 4.78 is 50.1. The van der Waals surface area contributed by atoms with E-state index in [1.807, 2.05) is 0 Å². The van der Waals surface area contributed by atoms with Crippen molar-refractivity contribution in [2.24, 2.45) is 5.73 Å². The summed E-state index contributed by atoms with van der Waals surface area (Å²) in [6, 6.07) is -0.944. The standard InChI is InChI=1S/C5H8F3N2O4P/c6-5(7,8)2-14-15(12,13)10-1-3(9)4(10)11/h3H,1-2,9H2,(H,12,13)/t3-/m0/s1. The van der Waals surface area contributed by atoms with E-state index in [1.54, 1.807) is 0 Å². The van der Waals surface area contributed by atoms with Gasteiger partial charge in [-0.15, -0.1) is 0 Å². The van der Waals surface area contributed by atoms with Crippen LogP contribution >= 0.6 is 7.75 Å². The van der Waals surface area contributed by atoms with Crippen LogP contribution in [0, 0.1) is 0 Å². The Hall–Kier alpha value is -0.630. The van der Waals surface area contributed by atoms with Crippen molar-refractivity contribution < 1.29 is 31.9 Å². The molecule has 1 saturated heterocycles. The van der Waals surface area contributed by atoms with Gasteiger partial charge >= 0.3 is 13.9 Å². The Morgan fingerprint density at radius 2 is 2.20 bits per heavy atom. The second-order valence-corrected chi connectivity index (χ2v) is 4.63. The summed E-state index contributed by atoms with van der Waals surface area (Å²) in [5.41, 5.74) is 5.09. The highest BCUT2D eigenvalue weighted by atomic mass is 31.2. The molecule has 0 saturated carbocycles. The molecule has 1 unspecified atom stereocenters. The summed E-state index contributed by atoms with van der Waals surface area (Å²) in [6.07, 6.45) is -4.73. The number of nitrogens with two attached hydrogens (primary N) is 1. The normalized spacial score (nSPS) is 26.1. The lowest BCUT2D eigenvalue weighted by Crippen LogP contribution is -2.59. The molecule has 1 aliphatic heterocycles. The third-order valence-corrected chi connectivity index (χ3v) is 3.08. The highest BCUT2D eigenvalue weighted by molar-refractivity contribution is 7.51. The molecule has 0 spiro atoms. The molecule has 0 bridgehead atoms. The van der Waals surface area contributed by atoms with Crippen molar-refractivity contribution in [2.45, 2.75) is 12.2 Å². The van der Waals surface area contributed by atoms with Crippen LogP contribution in [0.4, 0.5) is 13.2 Å². The number of alkyl halides is 3. The molecular weight excluding hydrogens is 240 g/mol. The molecule has 0 aliphatic carbocycles. The monoisotopic (exact) mass is 248 g/mol. The molecule has 6 nitrogen and oxygen atoms in total. The molecule has 1 rings (SSSR count). The third-order valence-electron chi connectivity index (χ3n) is 1.64. The van der Waals surface area contributed by atoms with E-state index >= 15 is 0 Å². The van der Waals surface area contributed by atoms with Crippen LogP contribution in [0.3, 0.4) is 0 Å². The number of halogens is 3. The smallest absolute Gasteiger partial charge is 0.318 e. The van der Waals surface area contributed by atoms with Gasteiger partial charge < -0.3 is 10.6 Å². The van der Waals surface area contributed by atoms with Gasteiger partial charge in [-0.1, -0.05) is 0 Å². The molecule has 3 N–H and O–H groups in total. The van der Waals surface area contributed by atoms with E-state index in [9.17, 15) is 22.5 Å². The van der Waals surface area contributed by atoms with E-state index in [0.29, 0.717) is 4.67 Å². The number of carbonyl (C=O) groups excluding carboxylic acids is 1. The zero-order valence-electron chi connectivity index (χ0n) is 7.27. The predicted molar refractivity (Wildman–Crippen MR) is 41.5 cm³/mol. The number of rotatable bonds is 3. The van der Waals surface area contributed by atoms with Crippen molar-refractivity contribution in [3.8, 4) is 0 Å². The van der Waals surface area contributed by atoms with Crippen molar-refractivity contribution in [3.63, 3.8) is 0 Å². The van der Waals surface area contributed by atoms with Gasteiger partial charge in [0.1, 0.15) is 6.04 Å². The molecule has 0 aromatic rings. The Balaban J connectivity index is 2.54.